The van der Waals surface area contributed by atoms with Crippen LogP contribution in [0.2, 0.25) is 5.02 Å². The summed E-state index contributed by atoms with van der Waals surface area (Å²) in [5.41, 5.74) is 0.829. The van der Waals surface area contributed by atoms with Crippen molar-refractivity contribution in [3.8, 4) is 5.75 Å². The van der Waals surface area contributed by atoms with Gasteiger partial charge in [-0.1, -0.05) is 11.6 Å². The van der Waals surface area contributed by atoms with Crippen molar-refractivity contribution in [3.05, 3.63) is 23.0 Å². The second-order valence-corrected chi connectivity index (χ2v) is 3.40. The van der Waals surface area contributed by atoms with E-state index >= 15 is 0 Å². The fourth-order valence-corrected chi connectivity index (χ4v) is 1.14. The van der Waals surface area contributed by atoms with Crippen LogP contribution in [0.1, 0.15) is 18.5 Å². The minimum atomic E-state index is 0.393. The van der Waals surface area contributed by atoms with E-state index in [1.165, 1.54) is 0 Å². The molecule has 64 valence electrons. The molecule has 1 aliphatic rings. The monoisotopic (exact) mass is 183 g/mol. The van der Waals surface area contributed by atoms with Crippen LogP contribution in [0.25, 0.3) is 0 Å². The highest BCUT2D eigenvalue weighted by molar-refractivity contribution is 6.32. The summed E-state index contributed by atoms with van der Waals surface area (Å²) in [6.07, 6.45) is 4.42. The molecule has 0 amide bonds. The summed E-state index contributed by atoms with van der Waals surface area (Å²) in [5.74, 6) is 0.770. The van der Waals surface area contributed by atoms with Gasteiger partial charge in [0, 0.05) is 12.3 Å². The van der Waals surface area contributed by atoms with Crippen LogP contribution in [0.15, 0.2) is 12.3 Å². The molecule has 0 unspecified atom stereocenters. The summed E-state index contributed by atoms with van der Waals surface area (Å²) in [6, 6.07) is 1.81. The Balaban J connectivity index is 2.23. The largest absolute Gasteiger partial charge is 0.489 e. The Kier molecular flexibility index (Phi) is 1.93. The van der Waals surface area contributed by atoms with Crippen molar-refractivity contribution >= 4 is 11.6 Å². The van der Waals surface area contributed by atoms with Crippen LogP contribution in [0.4, 0.5) is 0 Å². The van der Waals surface area contributed by atoms with E-state index in [1.807, 2.05) is 13.0 Å². The summed E-state index contributed by atoms with van der Waals surface area (Å²) in [6.45, 7) is 1.88. The maximum Gasteiger partial charge on any atom is 0.141 e. The third-order valence-corrected chi connectivity index (χ3v) is 2.31. The van der Waals surface area contributed by atoms with Crippen molar-refractivity contribution < 1.29 is 4.74 Å². The summed E-state index contributed by atoms with van der Waals surface area (Å²) in [5, 5.41) is 0.643. The minimum Gasteiger partial charge on any atom is -0.489 e. The van der Waals surface area contributed by atoms with Gasteiger partial charge < -0.3 is 4.74 Å². The average Bonchev–Trinajstić information content (AvgIpc) is 2.83. The highest BCUT2D eigenvalue weighted by Gasteiger charge is 2.24. The maximum absolute atomic E-state index is 5.98. The molecule has 2 nitrogen and oxygen atoms in total. The van der Waals surface area contributed by atoms with Gasteiger partial charge in [0.2, 0.25) is 0 Å². The first kappa shape index (κ1) is 7.87. The minimum absolute atomic E-state index is 0.393. The van der Waals surface area contributed by atoms with Gasteiger partial charge in [-0.3, -0.25) is 4.98 Å². The number of hydrogen-bond acceptors (Lipinski definition) is 2. The zero-order valence-electron chi connectivity index (χ0n) is 6.88. The van der Waals surface area contributed by atoms with E-state index in [9.17, 15) is 0 Å². The summed E-state index contributed by atoms with van der Waals surface area (Å²) < 4.78 is 5.56. The molecule has 1 saturated carbocycles. The molecule has 1 aromatic heterocycles. The first-order valence-electron chi connectivity index (χ1n) is 4.05. The van der Waals surface area contributed by atoms with Crippen LogP contribution in [0.3, 0.4) is 0 Å². The van der Waals surface area contributed by atoms with Crippen molar-refractivity contribution in [2.45, 2.75) is 25.9 Å². The lowest BCUT2D eigenvalue weighted by molar-refractivity contribution is 0.303. The molecular formula is C9H10ClNO. The lowest BCUT2D eigenvalue weighted by Crippen LogP contribution is -1.97. The molecule has 0 saturated heterocycles. The van der Waals surface area contributed by atoms with E-state index in [0.717, 1.165) is 24.3 Å². The Morgan fingerprint density at radius 2 is 2.33 bits per heavy atom. The molecule has 1 fully saturated rings. The topological polar surface area (TPSA) is 22.1 Å². The number of halogens is 1. The molecule has 2 rings (SSSR count). The summed E-state index contributed by atoms with van der Waals surface area (Å²) >= 11 is 5.98. The van der Waals surface area contributed by atoms with Crippen molar-refractivity contribution in [1.82, 2.24) is 4.98 Å². The Bertz CT molecular complexity index is 297. The number of hydrogen-bond donors (Lipinski definition) is 0. The standard InChI is InChI=1S/C9H10ClNO/c1-6-9(10)8(4-5-11-6)12-7-2-3-7/h4-5,7H,2-3H2,1H3. The molecule has 0 atom stereocenters. The van der Waals surface area contributed by atoms with Crippen molar-refractivity contribution in [2.75, 3.05) is 0 Å². The normalized spacial score (nSPS) is 16.2. The SMILES string of the molecule is Cc1nccc(OC2CC2)c1Cl. The lowest BCUT2D eigenvalue weighted by Gasteiger charge is -2.06. The second-order valence-electron chi connectivity index (χ2n) is 3.03. The van der Waals surface area contributed by atoms with Gasteiger partial charge in [-0.25, -0.2) is 0 Å². The zero-order chi connectivity index (χ0) is 8.55. The van der Waals surface area contributed by atoms with Gasteiger partial charge in [0.15, 0.2) is 0 Å². The zero-order valence-corrected chi connectivity index (χ0v) is 7.64. The fourth-order valence-electron chi connectivity index (χ4n) is 0.981. The van der Waals surface area contributed by atoms with Crippen LogP contribution < -0.4 is 4.74 Å². The van der Waals surface area contributed by atoms with Crippen LogP contribution in [-0.4, -0.2) is 11.1 Å². The van der Waals surface area contributed by atoms with Crippen LogP contribution in [0, 0.1) is 6.92 Å². The molecule has 3 heteroatoms. The van der Waals surface area contributed by atoms with E-state index in [2.05, 4.69) is 4.98 Å². The summed E-state index contributed by atoms with van der Waals surface area (Å²) in [7, 11) is 0. The first-order chi connectivity index (χ1) is 5.77. The molecule has 0 aliphatic heterocycles. The molecule has 0 bridgehead atoms. The van der Waals surface area contributed by atoms with Gasteiger partial charge in [-0.2, -0.15) is 0 Å². The molecule has 12 heavy (non-hydrogen) atoms. The number of aromatic nitrogens is 1. The van der Waals surface area contributed by atoms with Crippen molar-refractivity contribution in [1.29, 1.82) is 0 Å². The number of ether oxygens (including phenoxy) is 1. The Morgan fingerprint density at radius 3 is 3.00 bits per heavy atom. The van der Waals surface area contributed by atoms with Crippen LogP contribution in [-0.2, 0) is 0 Å². The average molecular weight is 184 g/mol. The molecule has 0 spiro atoms. The molecule has 0 radical (unpaired) electrons. The van der Waals surface area contributed by atoms with E-state index in [1.54, 1.807) is 6.20 Å². The van der Waals surface area contributed by atoms with Gasteiger partial charge in [-0.05, 0) is 19.8 Å². The molecule has 1 aliphatic carbocycles. The van der Waals surface area contributed by atoms with Gasteiger partial charge in [0.25, 0.3) is 0 Å². The second kappa shape index (κ2) is 2.94. The number of nitrogens with zero attached hydrogens (tertiary/aromatic N) is 1. The van der Waals surface area contributed by atoms with Gasteiger partial charge in [0.05, 0.1) is 11.8 Å². The van der Waals surface area contributed by atoms with E-state index in [0.29, 0.717) is 11.1 Å². The van der Waals surface area contributed by atoms with Crippen molar-refractivity contribution in [2.24, 2.45) is 0 Å². The van der Waals surface area contributed by atoms with E-state index < -0.39 is 0 Å². The van der Waals surface area contributed by atoms with Crippen LogP contribution in [0.5, 0.6) is 5.75 Å². The fraction of sp³-hybridized carbons (Fsp3) is 0.444. The summed E-state index contributed by atoms with van der Waals surface area (Å²) in [4.78, 5) is 4.06. The van der Waals surface area contributed by atoms with Gasteiger partial charge in [0.1, 0.15) is 10.8 Å². The highest BCUT2D eigenvalue weighted by Crippen LogP contribution is 2.32. The molecule has 0 aromatic carbocycles. The smallest absolute Gasteiger partial charge is 0.141 e. The molecule has 0 N–H and O–H groups in total. The van der Waals surface area contributed by atoms with Gasteiger partial charge in [-0.15, -0.1) is 0 Å². The van der Waals surface area contributed by atoms with Gasteiger partial charge >= 0.3 is 0 Å². The molecule has 1 heterocycles. The van der Waals surface area contributed by atoms with E-state index in [4.69, 9.17) is 16.3 Å². The molecular weight excluding hydrogens is 174 g/mol. The lowest BCUT2D eigenvalue weighted by atomic mass is 10.3. The number of rotatable bonds is 2. The Morgan fingerprint density at radius 1 is 1.58 bits per heavy atom. The Hall–Kier alpha value is -0.760. The molecule has 1 aromatic rings. The number of pyridine rings is 1. The predicted molar refractivity (Wildman–Crippen MR) is 47.6 cm³/mol. The maximum atomic E-state index is 5.98. The van der Waals surface area contributed by atoms with Crippen LogP contribution >= 0.6 is 11.6 Å². The first-order valence-corrected chi connectivity index (χ1v) is 4.43. The third kappa shape index (κ3) is 1.53. The van der Waals surface area contributed by atoms with Crippen molar-refractivity contribution in [3.63, 3.8) is 0 Å². The predicted octanol–water partition coefficient (Wildman–Crippen LogP) is 2.58. The number of aryl methyl sites for hydroxylation is 1. The quantitative estimate of drug-likeness (QED) is 0.703. The Labute approximate surface area is 76.5 Å². The van der Waals surface area contributed by atoms with E-state index in [-0.39, 0.29) is 0 Å². The third-order valence-electron chi connectivity index (χ3n) is 1.85. The highest BCUT2D eigenvalue weighted by atomic mass is 35.5.